The van der Waals surface area contributed by atoms with Crippen LogP contribution in [0, 0.1) is 0 Å². The number of aromatic nitrogens is 2. The Morgan fingerprint density at radius 2 is 1.82 bits per heavy atom. The van der Waals surface area contributed by atoms with Gasteiger partial charge < -0.3 is 5.32 Å². The van der Waals surface area contributed by atoms with Crippen LogP contribution in [0.25, 0.3) is 16.5 Å². The van der Waals surface area contributed by atoms with E-state index in [1.807, 2.05) is 54.6 Å². The number of carbonyl (C=O) groups excluding carboxylic acids is 1. The van der Waals surface area contributed by atoms with E-state index < -0.39 is 0 Å². The average Bonchev–Trinajstić information content (AvgIpc) is 3.09. The fourth-order valence-electron chi connectivity index (χ4n) is 1.93. The Morgan fingerprint density at radius 1 is 1.05 bits per heavy atom. The van der Waals surface area contributed by atoms with Crippen LogP contribution in [0.3, 0.4) is 0 Å². The summed E-state index contributed by atoms with van der Waals surface area (Å²) in [4.78, 5) is 12.9. The highest BCUT2D eigenvalue weighted by Gasteiger charge is 2.02. The van der Waals surface area contributed by atoms with E-state index in [0.29, 0.717) is 0 Å². The minimum atomic E-state index is -0.156. The molecule has 108 valence electrons. The van der Waals surface area contributed by atoms with E-state index in [0.717, 1.165) is 21.7 Å². The van der Waals surface area contributed by atoms with Gasteiger partial charge in [0.2, 0.25) is 5.91 Å². The third-order valence-electron chi connectivity index (χ3n) is 3.02. The Bertz CT molecular complexity index is 765. The third-order valence-corrected chi connectivity index (χ3v) is 3.74. The van der Waals surface area contributed by atoms with Crippen molar-refractivity contribution in [2.75, 3.05) is 5.32 Å². The molecule has 5 heteroatoms. The second kappa shape index (κ2) is 6.78. The minimum Gasteiger partial charge on any atom is -0.323 e. The molecule has 1 aromatic heterocycles. The number of anilines is 1. The molecule has 0 bridgehead atoms. The summed E-state index contributed by atoms with van der Waals surface area (Å²) in [7, 11) is 0. The Balaban J connectivity index is 1.63. The highest BCUT2D eigenvalue weighted by molar-refractivity contribution is 7.09. The summed E-state index contributed by atoms with van der Waals surface area (Å²) in [6, 6.07) is 17.3. The van der Waals surface area contributed by atoms with Crippen LogP contribution in [0.5, 0.6) is 0 Å². The van der Waals surface area contributed by atoms with Gasteiger partial charge in [0, 0.05) is 11.8 Å². The molecular formula is C17H13N3OS. The first-order valence-corrected chi connectivity index (χ1v) is 7.50. The van der Waals surface area contributed by atoms with Crippen LogP contribution in [-0.2, 0) is 4.79 Å². The molecule has 1 N–H and O–H groups in total. The monoisotopic (exact) mass is 307 g/mol. The highest BCUT2D eigenvalue weighted by Crippen LogP contribution is 2.23. The molecule has 0 atom stereocenters. The van der Waals surface area contributed by atoms with E-state index in [1.54, 1.807) is 12.3 Å². The summed E-state index contributed by atoms with van der Waals surface area (Å²) in [6.45, 7) is 0. The van der Waals surface area contributed by atoms with Crippen molar-refractivity contribution in [3.63, 3.8) is 0 Å². The molecule has 3 rings (SSSR count). The van der Waals surface area contributed by atoms with Gasteiger partial charge in [-0.25, -0.2) is 0 Å². The zero-order valence-corrected chi connectivity index (χ0v) is 12.5. The number of carbonyl (C=O) groups is 1. The molecule has 0 aliphatic rings. The van der Waals surface area contributed by atoms with Crippen LogP contribution in [-0.4, -0.2) is 15.5 Å². The molecule has 0 saturated heterocycles. The molecule has 2 aromatic carbocycles. The molecule has 1 amide bonds. The normalized spacial score (nSPS) is 10.7. The maximum absolute atomic E-state index is 11.9. The molecule has 0 radical (unpaired) electrons. The highest BCUT2D eigenvalue weighted by atomic mass is 32.1. The lowest BCUT2D eigenvalue weighted by Gasteiger charge is -2.03. The first-order chi connectivity index (χ1) is 10.8. The van der Waals surface area contributed by atoms with Crippen LogP contribution in [0.4, 0.5) is 5.69 Å². The Morgan fingerprint density at radius 3 is 2.50 bits per heavy atom. The van der Waals surface area contributed by atoms with Gasteiger partial charge in [0.25, 0.3) is 0 Å². The zero-order chi connectivity index (χ0) is 15.2. The lowest BCUT2D eigenvalue weighted by Crippen LogP contribution is -2.07. The largest absolute Gasteiger partial charge is 0.323 e. The van der Waals surface area contributed by atoms with Gasteiger partial charge in [0.1, 0.15) is 0 Å². The molecule has 3 aromatic rings. The molecule has 0 fully saturated rings. The first kappa shape index (κ1) is 14.2. The molecule has 1 heterocycles. The molecule has 0 saturated carbocycles. The summed E-state index contributed by atoms with van der Waals surface area (Å²) in [5.41, 5.74) is 2.78. The number of hydrogen-bond acceptors (Lipinski definition) is 4. The van der Waals surface area contributed by atoms with E-state index in [1.165, 1.54) is 17.6 Å². The number of nitrogens with one attached hydrogen (secondary N) is 1. The summed E-state index contributed by atoms with van der Waals surface area (Å²) in [6.07, 6.45) is 5.03. The Labute approximate surface area is 132 Å². The molecular weight excluding hydrogens is 294 g/mol. The predicted octanol–water partition coefficient (Wildman–Crippen LogP) is 3.86. The van der Waals surface area contributed by atoms with Crippen LogP contribution < -0.4 is 5.32 Å². The third kappa shape index (κ3) is 3.65. The van der Waals surface area contributed by atoms with Gasteiger partial charge in [-0.3, -0.25) is 4.79 Å². The van der Waals surface area contributed by atoms with E-state index in [9.17, 15) is 4.79 Å². The molecule has 0 unspecified atom stereocenters. The number of amides is 1. The molecule has 0 aliphatic carbocycles. The number of benzene rings is 2. The van der Waals surface area contributed by atoms with Gasteiger partial charge in [-0.1, -0.05) is 47.0 Å². The van der Waals surface area contributed by atoms with Crippen molar-refractivity contribution in [2.24, 2.45) is 0 Å². The summed E-state index contributed by atoms with van der Waals surface area (Å²) in [5, 5.41) is 6.64. The van der Waals surface area contributed by atoms with Crippen molar-refractivity contribution in [3.05, 3.63) is 72.4 Å². The van der Waals surface area contributed by atoms with Crippen LogP contribution in [0.15, 0.2) is 66.9 Å². The lowest BCUT2D eigenvalue weighted by molar-refractivity contribution is -0.111. The summed E-state index contributed by atoms with van der Waals surface area (Å²) < 4.78 is 3.84. The molecule has 22 heavy (non-hydrogen) atoms. The Hall–Kier alpha value is -2.79. The van der Waals surface area contributed by atoms with Crippen molar-refractivity contribution >= 4 is 29.2 Å². The van der Waals surface area contributed by atoms with E-state index >= 15 is 0 Å². The van der Waals surface area contributed by atoms with E-state index in [4.69, 9.17) is 0 Å². The minimum absolute atomic E-state index is 0.156. The maximum atomic E-state index is 11.9. The maximum Gasteiger partial charge on any atom is 0.248 e. The zero-order valence-electron chi connectivity index (χ0n) is 11.6. The van der Waals surface area contributed by atoms with Gasteiger partial charge in [0.15, 0.2) is 0 Å². The van der Waals surface area contributed by atoms with Gasteiger partial charge in [-0.15, -0.1) is 5.10 Å². The van der Waals surface area contributed by atoms with Crippen molar-refractivity contribution in [3.8, 4) is 10.4 Å². The van der Waals surface area contributed by atoms with Gasteiger partial charge in [0.05, 0.1) is 11.1 Å². The molecule has 4 nitrogen and oxygen atoms in total. The summed E-state index contributed by atoms with van der Waals surface area (Å²) >= 11 is 1.34. The van der Waals surface area contributed by atoms with Crippen LogP contribution in [0.2, 0.25) is 0 Å². The smallest absolute Gasteiger partial charge is 0.248 e. The van der Waals surface area contributed by atoms with Crippen LogP contribution >= 0.6 is 11.5 Å². The fourth-order valence-corrected chi connectivity index (χ4v) is 2.45. The number of nitrogens with zero attached hydrogens (tertiary/aromatic N) is 2. The van der Waals surface area contributed by atoms with Gasteiger partial charge in [-0.2, -0.15) is 0 Å². The van der Waals surface area contributed by atoms with Crippen molar-refractivity contribution in [1.29, 1.82) is 0 Å². The average molecular weight is 307 g/mol. The molecule has 0 aliphatic heterocycles. The quantitative estimate of drug-likeness (QED) is 0.745. The van der Waals surface area contributed by atoms with Crippen LogP contribution in [0.1, 0.15) is 5.56 Å². The predicted molar refractivity (Wildman–Crippen MR) is 89.5 cm³/mol. The SMILES string of the molecule is O=C(/C=C/c1ccccc1)Nc1ccc(-c2cnns2)cc1. The van der Waals surface area contributed by atoms with Gasteiger partial charge >= 0.3 is 0 Å². The number of rotatable bonds is 4. The molecule has 0 spiro atoms. The number of hydrogen-bond donors (Lipinski definition) is 1. The lowest BCUT2D eigenvalue weighted by atomic mass is 10.2. The first-order valence-electron chi connectivity index (χ1n) is 6.73. The van der Waals surface area contributed by atoms with Crippen molar-refractivity contribution in [2.45, 2.75) is 0 Å². The summed E-state index contributed by atoms with van der Waals surface area (Å²) in [5.74, 6) is -0.156. The van der Waals surface area contributed by atoms with E-state index in [2.05, 4.69) is 14.9 Å². The Kier molecular flexibility index (Phi) is 4.36. The van der Waals surface area contributed by atoms with Gasteiger partial charge in [-0.05, 0) is 40.9 Å². The second-order valence-electron chi connectivity index (χ2n) is 4.59. The fraction of sp³-hybridized carbons (Fsp3) is 0. The van der Waals surface area contributed by atoms with Crippen molar-refractivity contribution < 1.29 is 4.79 Å². The van der Waals surface area contributed by atoms with E-state index in [-0.39, 0.29) is 5.91 Å². The van der Waals surface area contributed by atoms with Crippen molar-refractivity contribution in [1.82, 2.24) is 9.59 Å². The standard InChI is InChI=1S/C17H13N3OS/c21-17(11-6-13-4-2-1-3-5-13)19-15-9-7-14(8-10-15)16-12-18-20-22-16/h1-12H,(H,19,21)/b11-6+. The topological polar surface area (TPSA) is 54.9 Å². The second-order valence-corrected chi connectivity index (χ2v) is 5.38.